The van der Waals surface area contributed by atoms with Gasteiger partial charge in [-0.2, -0.15) is 0 Å². The maximum atomic E-state index is 13.4. The Morgan fingerprint density at radius 1 is 0.838 bits per heavy atom. The molecule has 1 heterocycles. The number of amides is 1. The van der Waals surface area contributed by atoms with E-state index in [-0.39, 0.29) is 22.4 Å². The third kappa shape index (κ3) is 4.58. The van der Waals surface area contributed by atoms with Gasteiger partial charge in [-0.15, -0.1) is 0 Å². The first-order valence-corrected chi connectivity index (χ1v) is 11.2. The molecule has 1 aliphatic rings. The second kappa shape index (κ2) is 10.4. The first-order chi connectivity index (χ1) is 17.8. The Morgan fingerprint density at radius 2 is 1.51 bits per heavy atom. The number of aliphatic hydroxyl groups excluding tert-OH is 1. The Labute approximate surface area is 213 Å². The highest BCUT2D eigenvalue weighted by atomic mass is 16.5. The summed E-state index contributed by atoms with van der Waals surface area (Å²) >= 11 is 0. The summed E-state index contributed by atoms with van der Waals surface area (Å²) in [5.41, 5.74) is 1.20. The first kappa shape index (κ1) is 25.3. The van der Waals surface area contributed by atoms with E-state index < -0.39 is 29.5 Å². The minimum absolute atomic E-state index is 0.137. The predicted octanol–water partition coefficient (Wildman–Crippen LogP) is 4.13. The molecule has 1 saturated heterocycles. The lowest BCUT2D eigenvalue weighted by atomic mass is 9.94. The van der Waals surface area contributed by atoms with Gasteiger partial charge in [0.1, 0.15) is 23.0 Å². The highest BCUT2D eigenvalue weighted by Gasteiger charge is 2.47. The molecule has 1 unspecified atom stereocenters. The van der Waals surface area contributed by atoms with E-state index in [4.69, 9.17) is 18.9 Å². The highest BCUT2D eigenvalue weighted by molar-refractivity contribution is 6.51. The highest BCUT2D eigenvalue weighted by Crippen LogP contribution is 2.44. The molecule has 4 rings (SSSR count). The molecule has 37 heavy (non-hydrogen) atoms. The van der Waals surface area contributed by atoms with Crippen LogP contribution in [0, 0.1) is 0 Å². The van der Waals surface area contributed by atoms with Crippen LogP contribution in [0.3, 0.4) is 0 Å². The molecule has 0 spiro atoms. The number of aliphatic hydroxyl groups is 1. The van der Waals surface area contributed by atoms with Crippen molar-refractivity contribution in [2.75, 3.05) is 33.3 Å². The standard InChI is InChI=1S/C28H25NO8/c1-34-19-7-5-6-17(14-19)24-23(25(30)21-15-20(35-2)12-13-22(21)36-3)26(31)27(32)29(24)18-10-8-16(9-11-18)28(33)37-4/h5-15,24,30H,1-4H3/b25-23+. The van der Waals surface area contributed by atoms with Gasteiger partial charge in [0.15, 0.2) is 0 Å². The maximum Gasteiger partial charge on any atom is 0.337 e. The zero-order valence-electron chi connectivity index (χ0n) is 20.7. The fourth-order valence-electron chi connectivity index (χ4n) is 4.25. The van der Waals surface area contributed by atoms with Crippen molar-refractivity contribution in [1.82, 2.24) is 0 Å². The SMILES string of the molecule is COC(=O)c1ccc(N2C(=O)C(=O)/C(=C(/O)c3cc(OC)ccc3OC)C2c2cccc(OC)c2)cc1. The average Bonchev–Trinajstić information content (AvgIpc) is 3.21. The molecule has 9 nitrogen and oxygen atoms in total. The molecule has 1 aliphatic heterocycles. The molecule has 0 aromatic heterocycles. The number of esters is 1. The van der Waals surface area contributed by atoms with E-state index in [9.17, 15) is 19.5 Å². The number of carbonyl (C=O) groups excluding carboxylic acids is 3. The number of hydrogen-bond acceptors (Lipinski definition) is 8. The lowest BCUT2D eigenvalue weighted by Crippen LogP contribution is -2.29. The summed E-state index contributed by atoms with van der Waals surface area (Å²) in [6.07, 6.45) is 0. The van der Waals surface area contributed by atoms with Crippen molar-refractivity contribution in [2.24, 2.45) is 0 Å². The van der Waals surface area contributed by atoms with Crippen LogP contribution in [-0.4, -0.2) is 51.2 Å². The van der Waals surface area contributed by atoms with Crippen molar-refractivity contribution in [1.29, 1.82) is 0 Å². The van der Waals surface area contributed by atoms with Gasteiger partial charge in [0, 0.05) is 5.69 Å². The molecule has 0 bridgehead atoms. The van der Waals surface area contributed by atoms with Gasteiger partial charge in [-0.25, -0.2) is 4.79 Å². The lowest BCUT2D eigenvalue weighted by molar-refractivity contribution is -0.132. The number of carbonyl (C=O) groups is 3. The number of hydrogen-bond donors (Lipinski definition) is 1. The van der Waals surface area contributed by atoms with Gasteiger partial charge in [-0.05, 0) is 60.2 Å². The van der Waals surface area contributed by atoms with Crippen LogP contribution in [0.5, 0.6) is 17.2 Å². The van der Waals surface area contributed by atoms with E-state index in [0.29, 0.717) is 22.7 Å². The fraction of sp³-hybridized carbons (Fsp3) is 0.179. The maximum absolute atomic E-state index is 13.4. The van der Waals surface area contributed by atoms with Gasteiger partial charge in [-0.3, -0.25) is 14.5 Å². The zero-order chi connectivity index (χ0) is 26.7. The molecule has 1 fully saturated rings. The van der Waals surface area contributed by atoms with Crippen molar-refractivity contribution < 1.29 is 38.4 Å². The quantitative estimate of drug-likeness (QED) is 0.222. The molecule has 1 N–H and O–H groups in total. The second-order valence-corrected chi connectivity index (χ2v) is 8.05. The van der Waals surface area contributed by atoms with E-state index in [0.717, 1.165) is 0 Å². The van der Waals surface area contributed by atoms with Gasteiger partial charge >= 0.3 is 5.97 Å². The van der Waals surface area contributed by atoms with Crippen LogP contribution in [0.1, 0.15) is 27.5 Å². The van der Waals surface area contributed by atoms with E-state index in [1.165, 1.54) is 63.7 Å². The summed E-state index contributed by atoms with van der Waals surface area (Å²) in [5, 5.41) is 11.5. The van der Waals surface area contributed by atoms with Crippen LogP contribution in [0.4, 0.5) is 5.69 Å². The number of methoxy groups -OCH3 is 4. The van der Waals surface area contributed by atoms with E-state index >= 15 is 0 Å². The van der Waals surface area contributed by atoms with Crippen LogP contribution in [0.2, 0.25) is 0 Å². The zero-order valence-corrected chi connectivity index (χ0v) is 20.7. The van der Waals surface area contributed by atoms with Crippen LogP contribution < -0.4 is 19.1 Å². The number of benzene rings is 3. The smallest absolute Gasteiger partial charge is 0.337 e. The summed E-state index contributed by atoms with van der Waals surface area (Å²) in [5.74, 6) is -1.47. The van der Waals surface area contributed by atoms with Gasteiger partial charge in [0.2, 0.25) is 0 Å². The van der Waals surface area contributed by atoms with Crippen LogP contribution in [-0.2, 0) is 14.3 Å². The summed E-state index contributed by atoms with van der Waals surface area (Å²) in [7, 11) is 5.67. The molecule has 3 aromatic carbocycles. The van der Waals surface area contributed by atoms with E-state index in [1.54, 1.807) is 36.4 Å². The number of rotatable bonds is 7. The fourth-order valence-corrected chi connectivity index (χ4v) is 4.25. The molecular formula is C28H25NO8. The van der Waals surface area contributed by atoms with Gasteiger partial charge in [0.05, 0.1) is 51.2 Å². The topological polar surface area (TPSA) is 112 Å². The minimum Gasteiger partial charge on any atom is -0.507 e. The molecule has 0 aliphatic carbocycles. The van der Waals surface area contributed by atoms with Crippen LogP contribution in [0.15, 0.2) is 72.3 Å². The molecule has 190 valence electrons. The molecule has 9 heteroatoms. The molecule has 0 saturated carbocycles. The molecule has 0 radical (unpaired) electrons. The van der Waals surface area contributed by atoms with Crippen LogP contribution >= 0.6 is 0 Å². The molecular weight excluding hydrogens is 478 g/mol. The molecule has 1 amide bonds. The van der Waals surface area contributed by atoms with E-state index in [2.05, 4.69) is 0 Å². The molecule has 1 atom stereocenters. The number of ketones is 1. The summed E-state index contributed by atoms with van der Waals surface area (Å²) in [4.78, 5) is 40.0. The summed E-state index contributed by atoms with van der Waals surface area (Å²) in [6.45, 7) is 0. The largest absolute Gasteiger partial charge is 0.507 e. The number of ether oxygens (including phenoxy) is 4. The van der Waals surface area contributed by atoms with Crippen molar-refractivity contribution in [2.45, 2.75) is 6.04 Å². The van der Waals surface area contributed by atoms with Crippen molar-refractivity contribution >= 4 is 29.1 Å². The minimum atomic E-state index is -1.00. The number of nitrogens with zero attached hydrogens (tertiary/aromatic N) is 1. The van der Waals surface area contributed by atoms with Crippen LogP contribution in [0.25, 0.3) is 5.76 Å². The first-order valence-electron chi connectivity index (χ1n) is 11.2. The normalized spacial score (nSPS) is 16.4. The third-order valence-corrected chi connectivity index (χ3v) is 6.08. The summed E-state index contributed by atoms with van der Waals surface area (Å²) in [6, 6.07) is 16.7. The Balaban J connectivity index is 1.95. The third-order valence-electron chi connectivity index (χ3n) is 6.08. The molecule has 3 aromatic rings. The number of anilines is 1. The predicted molar refractivity (Wildman–Crippen MR) is 135 cm³/mol. The van der Waals surface area contributed by atoms with E-state index in [1.807, 2.05) is 0 Å². The Hall–Kier alpha value is -4.79. The monoisotopic (exact) mass is 503 g/mol. The second-order valence-electron chi connectivity index (χ2n) is 8.05. The number of Topliss-reactive ketones (excluding diaryl/α,β-unsaturated/α-hetero) is 1. The Morgan fingerprint density at radius 3 is 2.14 bits per heavy atom. The van der Waals surface area contributed by atoms with Gasteiger partial charge in [-0.1, -0.05) is 12.1 Å². The Bertz CT molecular complexity index is 1390. The lowest BCUT2D eigenvalue weighted by Gasteiger charge is -2.26. The Kier molecular flexibility index (Phi) is 7.15. The van der Waals surface area contributed by atoms with Crippen molar-refractivity contribution in [3.63, 3.8) is 0 Å². The van der Waals surface area contributed by atoms with Crippen molar-refractivity contribution in [3.8, 4) is 17.2 Å². The van der Waals surface area contributed by atoms with Crippen molar-refractivity contribution in [3.05, 3.63) is 89.0 Å². The van der Waals surface area contributed by atoms with Gasteiger partial charge < -0.3 is 24.1 Å². The average molecular weight is 504 g/mol. The van der Waals surface area contributed by atoms with Gasteiger partial charge in [0.25, 0.3) is 11.7 Å². The summed E-state index contributed by atoms with van der Waals surface area (Å²) < 4.78 is 20.8.